The first-order valence-electron chi connectivity index (χ1n) is 6.29. The van der Waals surface area contributed by atoms with Crippen LogP contribution < -0.4 is 10.1 Å². The predicted molar refractivity (Wildman–Crippen MR) is 71.1 cm³/mol. The third-order valence-corrected chi connectivity index (χ3v) is 3.31. The van der Waals surface area contributed by atoms with Crippen LogP contribution in [0.25, 0.3) is 0 Å². The fraction of sp³-hybridized carbons (Fsp3) is 0.500. The van der Waals surface area contributed by atoms with Crippen LogP contribution in [0, 0.1) is 6.92 Å². The minimum Gasteiger partial charge on any atom is -0.496 e. The fourth-order valence-corrected chi connectivity index (χ4v) is 2.25. The molecule has 0 saturated carbocycles. The second kappa shape index (κ2) is 5.40. The van der Waals surface area contributed by atoms with Gasteiger partial charge in [-0.1, -0.05) is 6.07 Å². The highest BCUT2D eigenvalue weighted by molar-refractivity contribution is 5.94. The lowest BCUT2D eigenvalue weighted by atomic mass is 10.1. The van der Waals surface area contributed by atoms with Gasteiger partial charge in [-0.3, -0.25) is 4.79 Å². The summed E-state index contributed by atoms with van der Waals surface area (Å²) in [6.07, 6.45) is 0. The first-order chi connectivity index (χ1) is 8.61. The first kappa shape index (κ1) is 12.9. The topological polar surface area (TPSA) is 41.6 Å². The molecule has 0 unspecified atom stereocenters. The van der Waals surface area contributed by atoms with Crippen LogP contribution in [0.15, 0.2) is 18.2 Å². The number of hydrogen-bond donors (Lipinski definition) is 1. The number of amides is 1. The van der Waals surface area contributed by atoms with Crippen LogP contribution in [0.3, 0.4) is 0 Å². The van der Waals surface area contributed by atoms with Crippen molar-refractivity contribution in [3.63, 3.8) is 0 Å². The number of carbonyl (C=O) groups excluding carboxylic acids is 1. The molecule has 1 aromatic carbocycles. The molecule has 1 aliphatic heterocycles. The fourth-order valence-electron chi connectivity index (χ4n) is 2.25. The van der Waals surface area contributed by atoms with Gasteiger partial charge in [-0.15, -0.1) is 0 Å². The van der Waals surface area contributed by atoms with Gasteiger partial charge < -0.3 is 15.0 Å². The maximum Gasteiger partial charge on any atom is 0.254 e. The summed E-state index contributed by atoms with van der Waals surface area (Å²) in [5.41, 5.74) is 1.74. The number of ether oxygens (including phenoxy) is 1. The zero-order chi connectivity index (χ0) is 13.1. The smallest absolute Gasteiger partial charge is 0.254 e. The normalized spacial score (nSPS) is 19.7. The first-order valence-corrected chi connectivity index (χ1v) is 6.29. The van der Waals surface area contributed by atoms with Crippen molar-refractivity contribution in [1.29, 1.82) is 0 Å². The van der Waals surface area contributed by atoms with E-state index < -0.39 is 0 Å². The van der Waals surface area contributed by atoms with Crippen molar-refractivity contribution in [1.82, 2.24) is 10.2 Å². The Morgan fingerprint density at radius 2 is 2.28 bits per heavy atom. The van der Waals surface area contributed by atoms with Crippen LogP contribution in [0.1, 0.15) is 22.8 Å². The van der Waals surface area contributed by atoms with Crippen molar-refractivity contribution < 1.29 is 9.53 Å². The number of rotatable bonds is 2. The number of piperazine rings is 1. The number of hydrogen-bond acceptors (Lipinski definition) is 3. The number of nitrogens with zero attached hydrogens (tertiary/aromatic N) is 1. The van der Waals surface area contributed by atoms with Gasteiger partial charge in [0.15, 0.2) is 0 Å². The van der Waals surface area contributed by atoms with E-state index in [1.165, 1.54) is 0 Å². The van der Waals surface area contributed by atoms with Crippen molar-refractivity contribution in [2.45, 2.75) is 19.9 Å². The van der Waals surface area contributed by atoms with Crippen LogP contribution in [0.4, 0.5) is 0 Å². The molecule has 0 spiro atoms. The lowest BCUT2D eigenvalue weighted by molar-refractivity contribution is 0.0708. The Morgan fingerprint density at radius 1 is 1.50 bits per heavy atom. The second-order valence-electron chi connectivity index (χ2n) is 4.79. The zero-order valence-corrected chi connectivity index (χ0v) is 11.2. The summed E-state index contributed by atoms with van der Waals surface area (Å²) in [4.78, 5) is 14.3. The highest BCUT2D eigenvalue weighted by Gasteiger charge is 2.22. The molecule has 1 aliphatic rings. The van der Waals surface area contributed by atoms with E-state index >= 15 is 0 Å². The molecule has 1 fully saturated rings. The SMILES string of the molecule is COc1cc(C(=O)N2CCN[C@H](C)C2)ccc1C. The van der Waals surface area contributed by atoms with Crippen molar-refractivity contribution >= 4 is 5.91 Å². The van der Waals surface area contributed by atoms with Gasteiger partial charge in [0.25, 0.3) is 5.91 Å². The molecule has 4 nitrogen and oxygen atoms in total. The summed E-state index contributed by atoms with van der Waals surface area (Å²) in [7, 11) is 1.63. The van der Waals surface area contributed by atoms with Crippen molar-refractivity contribution in [2.75, 3.05) is 26.7 Å². The van der Waals surface area contributed by atoms with Crippen LogP contribution in [0.2, 0.25) is 0 Å². The molecule has 0 bridgehead atoms. The van der Waals surface area contributed by atoms with E-state index in [4.69, 9.17) is 4.74 Å². The molecule has 18 heavy (non-hydrogen) atoms. The number of carbonyl (C=O) groups is 1. The summed E-state index contributed by atoms with van der Waals surface area (Å²) < 4.78 is 5.26. The maximum absolute atomic E-state index is 12.4. The molecule has 0 aliphatic carbocycles. The average Bonchev–Trinajstić information content (AvgIpc) is 2.38. The van der Waals surface area contributed by atoms with Gasteiger partial charge in [-0.05, 0) is 31.5 Å². The third kappa shape index (κ3) is 2.64. The minimum absolute atomic E-state index is 0.0849. The van der Waals surface area contributed by atoms with Crippen LogP contribution >= 0.6 is 0 Å². The molecule has 1 aromatic rings. The highest BCUT2D eigenvalue weighted by Crippen LogP contribution is 2.20. The molecule has 1 atom stereocenters. The van der Waals surface area contributed by atoms with Gasteiger partial charge >= 0.3 is 0 Å². The quantitative estimate of drug-likeness (QED) is 0.861. The summed E-state index contributed by atoms with van der Waals surface area (Å²) in [6.45, 7) is 6.44. The second-order valence-corrected chi connectivity index (χ2v) is 4.79. The molecule has 1 saturated heterocycles. The van der Waals surface area contributed by atoms with Crippen LogP contribution in [-0.4, -0.2) is 43.6 Å². The van der Waals surface area contributed by atoms with Gasteiger partial charge in [0.05, 0.1) is 7.11 Å². The summed E-state index contributed by atoms with van der Waals surface area (Å²) in [6, 6.07) is 5.98. The predicted octanol–water partition coefficient (Wildman–Crippen LogP) is 1.44. The van der Waals surface area contributed by atoms with Crippen molar-refractivity contribution in [2.24, 2.45) is 0 Å². The molecule has 98 valence electrons. The molecule has 1 N–H and O–H groups in total. The number of nitrogens with one attached hydrogen (secondary N) is 1. The highest BCUT2D eigenvalue weighted by atomic mass is 16.5. The molecule has 0 radical (unpaired) electrons. The number of methoxy groups -OCH3 is 1. The third-order valence-electron chi connectivity index (χ3n) is 3.31. The number of benzene rings is 1. The maximum atomic E-state index is 12.4. The zero-order valence-electron chi connectivity index (χ0n) is 11.2. The Hall–Kier alpha value is -1.55. The summed E-state index contributed by atoms with van der Waals surface area (Å²) in [5, 5.41) is 3.33. The molecule has 4 heteroatoms. The summed E-state index contributed by atoms with van der Waals surface area (Å²) in [5.74, 6) is 0.852. The van der Waals surface area contributed by atoms with E-state index in [0.717, 1.165) is 30.9 Å². The summed E-state index contributed by atoms with van der Waals surface area (Å²) >= 11 is 0. The van der Waals surface area contributed by atoms with Gasteiger partial charge in [0.2, 0.25) is 0 Å². The molecule has 1 amide bonds. The van der Waals surface area contributed by atoms with Gasteiger partial charge in [0, 0.05) is 31.2 Å². The molecule has 0 aromatic heterocycles. The Balaban J connectivity index is 2.17. The van der Waals surface area contributed by atoms with E-state index in [0.29, 0.717) is 11.6 Å². The Bertz CT molecular complexity index is 445. The van der Waals surface area contributed by atoms with Gasteiger partial charge in [-0.2, -0.15) is 0 Å². The van der Waals surface area contributed by atoms with Crippen LogP contribution in [-0.2, 0) is 0 Å². The van der Waals surface area contributed by atoms with E-state index in [-0.39, 0.29) is 5.91 Å². The Kier molecular flexibility index (Phi) is 3.87. The van der Waals surface area contributed by atoms with E-state index in [9.17, 15) is 4.79 Å². The van der Waals surface area contributed by atoms with E-state index in [1.807, 2.05) is 30.0 Å². The average molecular weight is 248 g/mol. The Labute approximate surface area is 108 Å². The lowest BCUT2D eigenvalue weighted by Crippen LogP contribution is -2.51. The minimum atomic E-state index is 0.0849. The van der Waals surface area contributed by atoms with Gasteiger partial charge in [0.1, 0.15) is 5.75 Å². The van der Waals surface area contributed by atoms with E-state index in [1.54, 1.807) is 7.11 Å². The van der Waals surface area contributed by atoms with Crippen LogP contribution in [0.5, 0.6) is 5.75 Å². The van der Waals surface area contributed by atoms with Gasteiger partial charge in [-0.25, -0.2) is 0 Å². The molecule has 1 heterocycles. The van der Waals surface area contributed by atoms with Crippen molar-refractivity contribution in [3.05, 3.63) is 29.3 Å². The lowest BCUT2D eigenvalue weighted by Gasteiger charge is -2.32. The monoisotopic (exact) mass is 248 g/mol. The standard InChI is InChI=1S/C14H20N2O2/c1-10-4-5-12(8-13(10)18-3)14(17)16-7-6-15-11(2)9-16/h4-5,8,11,15H,6-7,9H2,1-3H3/t11-/m1/s1. The number of aryl methyl sites for hydroxylation is 1. The molecule has 2 rings (SSSR count). The van der Waals surface area contributed by atoms with E-state index in [2.05, 4.69) is 12.2 Å². The molecular weight excluding hydrogens is 228 g/mol. The largest absolute Gasteiger partial charge is 0.496 e. The van der Waals surface area contributed by atoms with Crippen molar-refractivity contribution in [3.8, 4) is 5.75 Å². The Morgan fingerprint density at radius 3 is 2.94 bits per heavy atom. The molecular formula is C14H20N2O2.